The van der Waals surface area contributed by atoms with Crippen molar-refractivity contribution >= 4 is 0 Å². The number of aromatic nitrogens is 2. The van der Waals surface area contributed by atoms with Crippen molar-refractivity contribution in [1.82, 2.24) is 14.9 Å². The number of aryl methyl sites for hydroxylation is 1. The van der Waals surface area contributed by atoms with Crippen molar-refractivity contribution < 1.29 is 4.74 Å². The molecule has 3 rings (SSSR count). The summed E-state index contributed by atoms with van der Waals surface area (Å²) in [5.74, 6) is 1.26. The number of fused-ring (bicyclic) bond motifs is 1. The first-order chi connectivity index (χ1) is 9.28. The quantitative estimate of drug-likeness (QED) is 0.883. The normalized spacial score (nSPS) is 20.9. The number of nitrogens with zero attached hydrogens (tertiary/aromatic N) is 2. The summed E-state index contributed by atoms with van der Waals surface area (Å²) in [5.41, 5.74) is 2.80. The second-order valence-electron chi connectivity index (χ2n) is 5.93. The SMILES string of the molecule is CCCc1nc2c(n1CC1(OC)CCC1)CCNC2. The van der Waals surface area contributed by atoms with Gasteiger partial charge in [-0.1, -0.05) is 6.92 Å². The maximum Gasteiger partial charge on any atom is 0.109 e. The standard InChI is InChI=1S/C15H25N3O/c1-3-5-14-17-12-10-16-9-6-13(12)18(14)11-15(19-2)7-4-8-15/h16H,3-11H2,1-2H3. The molecule has 4 heteroatoms. The van der Waals surface area contributed by atoms with E-state index in [-0.39, 0.29) is 5.60 Å². The van der Waals surface area contributed by atoms with E-state index < -0.39 is 0 Å². The van der Waals surface area contributed by atoms with Gasteiger partial charge in [0.1, 0.15) is 5.82 Å². The molecular weight excluding hydrogens is 238 g/mol. The Balaban J connectivity index is 1.91. The minimum atomic E-state index is 0.0852. The van der Waals surface area contributed by atoms with E-state index in [4.69, 9.17) is 9.72 Å². The maximum absolute atomic E-state index is 5.81. The number of imidazole rings is 1. The van der Waals surface area contributed by atoms with Crippen LogP contribution in [0.1, 0.15) is 49.8 Å². The zero-order valence-electron chi connectivity index (χ0n) is 12.2. The lowest BCUT2D eigenvalue weighted by molar-refractivity contribution is -0.0843. The van der Waals surface area contributed by atoms with Crippen LogP contribution in [0, 0.1) is 0 Å². The van der Waals surface area contributed by atoms with E-state index in [9.17, 15) is 0 Å². The molecule has 1 aromatic rings. The molecule has 19 heavy (non-hydrogen) atoms. The van der Waals surface area contributed by atoms with Gasteiger partial charge in [-0.3, -0.25) is 0 Å². The third kappa shape index (κ3) is 2.32. The number of ether oxygens (including phenoxy) is 1. The molecule has 4 nitrogen and oxygen atoms in total. The number of hydrogen-bond acceptors (Lipinski definition) is 3. The third-order valence-electron chi connectivity index (χ3n) is 4.68. The topological polar surface area (TPSA) is 39.1 Å². The lowest BCUT2D eigenvalue weighted by atomic mass is 9.79. The van der Waals surface area contributed by atoms with Crippen LogP contribution in [0.5, 0.6) is 0 Å². The Bertz CT molecular complexity index is 443. The lowest BCUT2D eigenvalue weighted by Gasteiger charge is -2.41. The molecular formula is C15H25N3O. The minimum Gasteiger partial charge on any atom is -0.376 e. The molecule has 2 aliphatic rings. The first kappa shape index (κ1) is 13.1. The summed E-state index contributed by atoms with van der Waals surface area (Å²) in [5, 5.41) is 3.42. The number of methoxy groups -OCH3 is 1. The van der Waals surface area contributed by atoms with Crippen molar-refractivity contribution in [2.75, 3.05) is 13.7 Å². The molecule has 0 atom stereocenters. The molecule has 0 saturated heterocycles. The number of hydrogen-bond donors (Lipinski definition) is 1. The Morgan fingerprint density at radius 1 is 1.42 bits per heavy atom. The molecule has 1 saturated carbocycles. The van der Waals surface area contributed by atoms with Crippen molar-refractivity contribution in [3.8, 4) is 0 Å². The van der Waals surface area contributed by atoms with E-state index in [1.807, 2.05) is 7.11 Å². The van der Waals surface area contributed by atoms with E-state index in [0.717, 1.165) is 38.9 Å². The van der Waals surface area contributed by atoms with E-state index in [0.29, 0.717) is 0 Å². The predicted octanol–water partition coefficient (Wildman–Crippen LogP) is 2.05. The van der Waals surface area contributed by atoms with Crippen molar-refractivity contribution in [3.05, 3.63) is 17.2 Å². The summed E-state index contributed by atoms with van der Waals surface area (Å²) in [6.07, 6.45) is 7.03. The number of nitrogens with one attached hydrogen (secondary N) is 1. The molecule has 0 amide bonds. The third-order valence-corrected chi connectivity index (χ3v) is 4.68. The summed E-state index contributed by atoms with van der Waals surface area (Å²) < 4.78 is 8.28. The van der Waals surface area contributed by atoms with Crippen molar-refractivity contribution in [2.45, 2.75) is 64.1 Å². The average Bonchev–Trinajstić information content (AvgIpc) is 2.72. The van der Waals surface area contributed by atoms with E-state index >= 15 is 0 Å². The first-order valence-corrected chi connectivity index (χ1v) is 7.61. The molecule has 0 spiro atoms. The molecule has 1 fully saturated rings. The minimum absolute atomic E-state index is 0.0852. The van der Waals surface area contributed by atoms with Crippen molar-refractivity contribution in [2.24, 2.45) is 0 Å². The highest BCUT2D eigenvalue weighted by Gasteiger charge is 2.38. The zero-order valence-corrected chi connectivity index (χ0v) is 12.2. The van der Waals surface area contributed by atoms with Crippen LogP contribution in [-0.4, -0.2) is 28.8 Å². The predicted molar refractivity (Wildman–Crippen MR) is 75.2 cm³/mol. The van der Waals surface area contributed by atoms with Crippen LogP contribution in [-0.2, 0) is 30.7 Å². The zero-order chi connectivity index (χ0) is 13.3. The van der Waals surface area contributed by atoms with Gasteiger partial charge in [0, 0.05) is 38.7 Å². The van der Waals surface area contributed by atoms with E-state index in [2.05, 4.69) is 16.8 Å². The molecule has 2 heterocycles. The lowest BCUT2D eigenvalue weighted by Crippen LogP contribution is -2.44. The van der Waals surface area contributed by atoms with Gasteiger partial charge in [0.05, 0.1) is 17.8 Å². The molecule has 0 aromatic carbocycles. The highest BCUT2D eigenvalue weighted by atomic mass is 16.5. The van der Waals surface area contributed by atoms with Gasteiger partial charge in [0.15, 0.2) is 0 Å². The van der Waals surface area contributed by atoms with Gasteiger partial charge in [-0.05, 0) is 25.7 Å². The monoisotopic (exact) mass is 263 g/mol. The Morgan fingerprint density at radius 3 is 2.89 bits per heavy atom. The smallest absolute Gasteiger partial charge is 0.109 e. The van der Waals surface area contributed by atoms with Gasteiger partial charge < -0.3 is 14.6 Å². The van der Waals surface area contributed by atoms with E-state index in [1.54, 1.807) is 0 Å². The fourth-order valence-corrected chi connectivity index (χ4v) is 3.31. The largest absolute Gasteiger partial charge is 0.376 e. The first-order valence-electron chi connectivity index (χ1n) is 7.61. The highest BCUT2D eigenvalue weighted by Crippen LogP contribution is 2.37. The van der Waals surface area contributed by atoms with Gasteiger partial charge in [0.25, 0.3) is 0 Å². The van der Waals surface area contributed by atoms with Gasteiger partial charge in [0.2, 0.25) is 0 Å². The Kier molecular flexibility index (Phi) is 3.63. The molecule has 106 valence electrons. The summed E-state index contributed by atoms with van der Waals surface area (Å²) in [6.45, 7) is 5.23. The molecule has 1 aliphatic heterocycles. The molecule has 0 unspecified atom stereocenters. The van der Waals surface area contributed by atoms with Crippen LogP contribution in [0.4, 0.5) is 0 Å². The number of rotatable bonds is 5. The molecule has 0 bridgehead atoms. The van der Waals surface area contributed by atoms with Crippen molar-refractivity contribution in [3.63, 3.8) is 0 Å². The summed E-state index contributed by atoms with van der Waals surface area (Å²) in [4.78, 5) is 4.86. The fraction of sp³-hybridized carbons (Fsp3) is 0.800. The molecule has 1 aliphatic carbocycles. The van der Waals surface area contributed by atoms with Gasteiger partial charge >= 0.3 is 0 Å². The van der Waals surface area contributed by atoms with Gasteiger partial charge in [-0.15, -0.1) is 0 Å². The summed E-state index contributed by atoms with van der Waals surface area (Å²) >= 11 is 0. The summed E-state index contributed by atoms with van der Waals surface area (Å²) in [6, 6.07) is 0. The maximum atomic E-state index is 5.81. The molecule has 0 radical (unpaired) electrons. The fourth-order valence-electron chi connectivity index (χ4n) is 3.31. The highest BCUT2D eigenvalue weighted by molar-refractivity contribution is 5.21. The van der Waals surface area contributed by atoms with Crippen LogP contribution >= 0.6 is 0 Å². The Hall–Kier alpha value is -0.870. The van der Waals surface area contributed by atoms with Crippen LogP contribution in [0.3, 0.4) is 0 Å². The Labute approximate surface area is 115 Å². The summed E-state index contributed by atoms with van der Waals surface area (Å²) in [7, 11) is 1.86. The van der Waals surface area contributed by atoms with Crippen LogP contribution in [0.2, 0.25) is 0 Å². The van der Waals surface area contributed by atoms with Gasteiger partial charge in [-0.2, -0.15) is 0 Å². The van der Waals surface area contributed by atoms with Gasteiger partial charge in [-0.25, -0.2) is 4.98 Å². The molecule has 1 N–H and O–H groups in total. The molecule has 1 aromatic heterocycles. The van der Waals surface area contributed by atoms with Crippen molar-refractivity contribution in [1.29, 1.82) is 0 Å². The second kappa shape index (κ2) is 5.25. The average molecular weight is 263 g/mol. The van der Waals surface area contributed by atoms with Crippen LogP contribution in [0.15, 0.2) is 0 Å². The Morgan fingerprint density at radius 2 is 2.26 bits per heavy atom. The van der Waals surface area contributed by atoms with Crippen LogP contribution < -0.4 is 5.32 Å². The van der Waals surface area contributed by atoms with E-state index in [1.165, 1.54) is 36.5 Å². The second-order valence-corrected chi connectivity index (χ2v) is 5.93. The van der Waals surface area contributed by atoms with Crippen LogP contribution in [0.25, 0.3) is 0 Å².